The number of anilines is 2. The molecular weight excluding hydrogens is 364 g/mol. The van der Waals surface area contributed by atoms with Crippen molar-refractivity contribution in [3.8, 4) is 0 Å². The van der Waals surface area contributed by atoms with Crippen LogP contribution in [0.4, 0.5) is 11.4 Å². The van der Waals surface area contributed by atoms with Crippen LogP contribution in [0.1, 0.15) is 42.2 Å². The third kappa shape index (κ3) is 2.69. The van der Waals surface area contributed by atoms with E-state index in [-0.39, 0.29) is 44.4 Å². The second-order valence-electron chi connectivity index (χ2n) is 6.09. The largest absolute Gasteiger partial charge is 0.397 e. The first-order valence-electron chi connectivity index (χ1n) is 8.16. The zero-order valence-corrected chi connectivity index (χ0v) is 14.7. The Morgan fingerprint density at radius 3 is 2.04 bits per heavy atom. The van der Waals surface area contributed by atoms with Gasteiger partial charge in [-0.05, 0) is 18.2 Å². The van der Waals surface area contributed by atoms with Crippen LogP contribution in [-0.2, 0) is 0 Å². The van der Waals surface area contributed by atoms with Gasteiger partial charge in [0.25, 0.3) is 5.91 Å². The number of fused-ring (bicyclic) bond motifs is 2. The number of benzene rings is 3. The summed E-state index contributed by atoms with van der Waals surface area (Å²) in [6.45, 7) is 0. The zero-order chi connectivity index (χ0) is 19.1. The molecule has 0 aromatic heterocycles. The van der Waals surface area contributed by atoms with E-state index in [0.717, 1.165) is 0 Å². The quantitative estimate of drug-likeness (QED) is 0.518. The summed E-state index contributed by atoms with van der Waals surface area (Å²) in [4.78, 5) is 38.5. The van der Waals surface area contributed by atoms with E-state index >= 15 is 0 Å². The van der Waals surface area contributed by atoms with Crippen molar-refractivity contribution in [2.45, 2.75) is 0 Å². The third-order valence-corrected chi connectivity index (χ3v) is 4.78. The van der Waals surface area contributed by atoms with Crippen molar-refractivity contribution >= 4 is 40.4 Å². The van der Waals surface area contributed by atoms with Crippen LogP contribution in [0.5, 0.6) is 0 Å². The standard InChI is InChI=1S/C21H13ClN2O3/c22-14-10-15(24-21(27)11-6-2-1-3-7-11)16-17(18(14)23)20(26)13-9-5-4-8-12(13)19(16)25/h1-10H,23H2,(H,24,27). The number of hydrogen-bond donors (Lipinski definition) is 2. The first kappa shape index (κ1) is 17.0. The first-order chi connectivity index (χ1) is 13.0. The van der Waals surface area contributed by atoms with E-state index in [1.807, 2.05) is 0 Å². The van der Waals surface area contributed by atoms with Gasteiger partial charge in [-0.2, -0.15) is 0 Å². The fourth-order valence-electron chi connectivity index (χ4n) is 3.17. The Labute approximate surface area is 159 Å². The lowest BCUT2D eigenvalue weighted by molar-refractivity contribution is 0.0979. The molecule has 0 aliphatic heterocycles. The predicted octanol–water partition coefficient (Wildman–Crippen LogP) is 3.95. The summed E-state index contributed by atoms with van der Waals surface area (Å²) in [5.41, 5.74) is 7.22. The number of carbonyl (C=O) groups excluding carboxylic acids is 3. The van der Waals surface area contributed by atoms with Crippen LogP contribution in [0.25, 0.3) is 0 Å². The molecule has 1 aliphatic carbocycles. The maximum Gasteiger partial charge on any atom is 0.255 e. The number of rotatable bonds is 2. The maximum absolute atomic E-state index is 13.1. The van der Waals surface area contributed by atoms with Gasteiger partial charge in [0, 0.05) is 16.7 Å². The Kier molecular flexibility index (Phi) is 4.01. The van der Waals surface area contributed by atoms with E-state index in [2.05, 4.69) is 5.32 Å². The molecule has 0 fully saturated rings. The summed E-state index contributed by atoms with van der Waals surface area (Å²) in [5, 5.41) is 2.78. The summed E-state index contributed by atoms with van der Waals surface area (Å²) < 4.78 is 0. The van der Waals surface area contributed by atoms with Gasteiger partial charge < -0.3 is 11.1 Å². The second-order valence-corrected chi connectivity index (χ2v) is 6.50. The molecule has 1 amide bonds. The summed E-state index contributed by atoms with van der Waals surface area (Å²) in [6, 6.07) is 16.4. The average Bonchev–Trinajstić information content (AvgIpc) is 2.69. The van der Waals surface area contributed by atoms with Gasteiger partial charge in [0.2, 0.25) is 0 Å². The molecule has 3 aromatic rings. The minimum Gasteiger partial charge on any atom is -0.397 e. The number of halogens is 1. The second kappa shape index (κ2) is 6.37. The van der Waals surface area contributed by atoms with E-state index in [0.29, 0.717) is 5.56 Å². The molecule has 3 aromatic carbocycles. The van der Waals surface area contributed by atoms with Crippen molar-refractivity contribution in [2.24, 2.45) is 0 Å². The third-order valence-electron chi connectivity index (χ3n) is 4.47. The van der Waals surface area contributed by atoms with Crippen molar-refractivity contribution in [2.75, 3.05) is 11.1 Å². The van der Waals surface area contributed by atoms with Gasteiger partial charge in [0.1, 0.15) is 0 Å². The van der Waals surface area contributed by atoms with Crippen LogP contribution in [0.15, 0.2) is 60.7 Å². The molecule has 0 atom stereocenters. The van der Waals surface area contributed by atoms with Crippen LogP contribution in [0.2, 0.25) is 5.02 Å². The van der Waals surface area contributed by atoms with E-state index in [4.69, 9.17) is 17.3 Å². The molecule has 0 bridgehead atoms. The van der Waals surface area contributed by atoms with Crippen molar-refractivity contribution in [3.63, 3.8) is 0 Å². The van der Waals surface area contributed by atoms with Gasteiger partial charge in [-0.1, -0.05) is 54.1 Å². The van der Waals surface area contributed by atoms with E-state index in [1.165, 1.54) is 6.07 Å². The lowest BCUT2D eigenvalue weighted by Gasteiger charge is -2.22. The van der Waals surface area contributed by atoms with Crippen LogP contribution in [0, 0.1) is 0 Å². The molecule has 0 radical (unpaired) electrons. The predicted molar refractivity (Wildman–Crippen MR) is 104 cm³/mol. The van der Waals surface area contributed by atoms with Crippen molar-refractivity contribution in [1.29, 1.82) is 0 Å². The molecular formula is C21H13ClN2O3. The molecule has 3 N–H and O–H groups in total. The molecule has 5 nitrogen and oxygen atoms in total. The Bertz CT molecular complexity index is 1120. The number of carbonyl (C=O) groups is 3. The molecule has 0 unspecified atom stereocenters. The molecule has 27 heavy (non-hydrogen) atoms. The highest BCUT2D eigenvalue weighted by Crippen LogP contribution is 2.39. The fraction of sp³-hybridized carbons (Fsp3) is 0. The topological polar surface area (TPSA) is 89.3 Å². The Hall–Kier alpha value is -3.44. The van der Waals surface area contributed by atoms with Crippen LogP contribution < -0.4 is 11.1 Å². The van der Waals surface area contributed by atoms with Gasteiger partial charge in [0.05, 0.1) is 27.5 Å². The minimum atomic E-state index is -0.419. The SMILES string of the molecule is Nc1c(Cl)cc(NC(=O)c2ccccc2)c2c1C(=O)c1ccccc1C2=O. The number of amides is 1. The maximum atomic E-state index is 13.1. The van der Waals surface area contributed by atoms with Crippen molar-refractivity contribution in [3.05, 3.63) is 93.5 Å². The molecule has 0 heterocycles. The fourth-order valence-corrected chi connectivity index (χ4v) is 3.37. The van der Waals surface area contributed by atoms with Gasteiger partial charge in [0.15, 0.2) is 11.6 Å². The summed E-state index contributed by atoms with van der Waals surface area (Å²) >= 11 is 6.18. The Morgan fingerprint density at radius 1 is 0.852 bits per heavy atom. The van der Waals surface area contributed by atoms with Gasteiger partial charge in [-0.3, -0.25) is 14.4 Å². The van der Waals surface area contributed by atoms with Crippen LogP contribution in [0.3, 0.4) is 0 Å². The Balaban J connectivity index is 1.88. The number of ketones is 2. The number of nitrogens with two attached hydrogens (primary N) is 1. The number of hydrogen-bond acceptors (Lipinski definition) is 4. The lowest BCUT2D eigenvalue weighted by atomic mass is 9.82. The van der Waals surface area contributed by atoms with Gasteiger partial charge in [-0.15, -0.1) is 0 Å². The smallest absolute Gasteiger partial charge is 0.255 e. The normalized spacial score (nSPS) is 12.3. The summed E-state index contributed by atoms with van der Waals surface area (Å²) in [7, 11) is 0. The highest BCUT2D eigenvalue weighted by atomic mass is 35.5. The Morgan fingerprint density at radius 2 is 1.41 bits per heavy atom. The lowest BCUT2D eigenvalue weighted by Crippen LogP contribution is -2.25. The summed E-state index contributed by atoms with van der Waals surface area (Å²) in [6.07, 6.45) is 0. The molecule has 132 valence electrons. The minimum absolute atomic E-state index is 0.0227. The number of nitrogens with one attached hydrogen (secondary N) is 1. The monoisotopic (exact) mass is 376 g/mol. The average molecular weight is 377 g/mol. The zero-order valence-electron chi connectivity index (χ0n) is 14.0. The summed E-state index contributed by atoms with van der Waals surface area (Å²) in [5.74, 6) is -1.19. The van der Waals surface area contributed by atoms with Gasteiger partial charge in [-0.25, -0.2) is 0 Å². The van der Waals surface area contributed by atoms with E-state index in [1.54, 1.807) is 54.6 Å². The van der Waals surface area contributed by atoms with Crippen LogP contribution in [-0.4, -0.2) is 17.5 Å². The molecule has 0 saturated carbocycles. The first-order valence-corrected chi connectivity index (χ1v) is 8.53. The molecule has 0 spiro atoms. The molecule has 6 heteroatoms. The van der Waals surface area contributed by atoms with Gasteiger partial charge >= 0.3 is 0 Å². The number of nitrogen functional groups attached to an aromatic ring is 1. The molecule has 4 rings (SSSR count). The molecule has 0 saturated heterocycles. The van der Waals surface area contributed by atoms with E-state index in [9.17, 15) is 14.4 Å². The van der Waals surface area contributed by atoms with Crippen molar-refractivity contribution in [1.82, 2.24) is 0 Å². The van der Waals surface area contributed by atoms with Crippen LogP contribution >= 0.6 is 11.6 Å². The highest BCUT2D eigenvalue weighted by Gasteiger charge is 2.34. The highest BCUT2D eigenvalue weighted by molar-refractivity contribution is 6.38. The molecule has 1 aliphatic rings. The van der Waals surface area contributed by atoms with Crippen molar-refractivity contribution < 1.29 is 14.4 Å². The van der Waals surface area contributed by atoms with E-state index < -0.39 is 11.7 Å².